The van der Waals surface area contributed by atoms with Gasteiger partial charge >= 0.3 is 5.97 Å². The number of aryl methyl sites for hydroxylation is 1. The molecule has 6 heteroatoms. The molecule has 0 aliphatic rings. The SMILES string of the molecule is Cn1cc(Cc2cncnc2C(=O)O)cn1. The number of hydrogen-bond acceptors (Lipinski definition) is 4. The van der Waals surface area contributed by atoms with E-state index in [1.54, 1.807) is 10.9 Å². The number of rotatable bonds is 3. The topological polar surface area (TPSA) is 80.9 Å². The Kier molecular flexibility index (Phi) is 2.63. The second kappa shape index (κ2) is 4.09. The van der Waals surface area contributed by atoms with Gasteiger partial charge in [-0.1, -0.05) is 0 Å². The van der Waals surface area contributed by atoms with Crippen molar-refractivity contribution in [1.82, 2.24) is 19.7 Å². The molecule has 0 aliphatic heterocycles. The number of carbonyl (C=O) groups is 1. The molecule has 2 aromatic rings. The quantitative estimate of drug-likeness (QED) is 0.811. The molecule has 0 fully saturated rings. The Balaban J connectivity index is 2.31. The average molecular weight is 218 g/mol. The number of carboxylic acids is 1. The summed E-state index contributed by atoms with van der Waals surface area (Å²) in [5, 5.41) is 13.0. The zero-order chi connectivity index (χ0) is 11.5. The van der Waals surface area contributed by atoms with Crippen LogP contribution in [0.25, 0.3) is 0 Å². The molecule has 16 heavy (non-hydrogen) atoms. The second-order valence-electron chi connectivity index (χ2n) is 3.40. The average Bonchev–Trinajstić information content (AvgIpc) is 2.64. The molecule has 0 saturated heterocycles. The second-order valence-corrected chi connectivity index (χ2v) is 3.40. The van der Waals surface area contributed by atoms with E-state index in [0.29, 0.717) is 12.0 Å². The maximum absolute atomic E-state index is 10.9. The number of aromatic nitrogens is 4. The zero-order valence-corrected chi connectivity index (χ0v) is 8.66. The molecule has 0 aromatic carbocycles. The zero-order valence-electron chi connectivity index (χ0n) is 8.66. The monoisotopic (exact) mass is 218 g/mol. The Morgan fingerprint density at radius 1 is 1.50 bits per heavy atom. The third kappa shape index (κ3) is 2.05. The molecule has 0 bridgehead atoms. The Morgan fingerprint density at radius 3 is 2.94 bits per heavy atom. The third-order valence-corrected chi connectivity index (χ3v) is 2.14. The lowest BCUT2D eigenvalue weighted by Crippen LogP contribution is -2.06. The van der Waals surface area contributed by atoms with Crippen LogP contribution in [-0.4, -0.2) is 30.8 Å². The largest absolute Gasteiger partial charge is 0.477 e. The molecule has 0 atom stereocenters. The summed E-state index contributed by atoms with van der Waals surface area (Å²) >= 11 is 0. The summed E-state index contributed by atoms with van der Waals surface area (Å²) in [6.45, 7) is 0. The lowest BCUT2D eigenvalue weighted by molar-refractivity contribution is 0.0689. The van der Waals surface area contributed by atoms with Crippen LogP contribution in [0.3, 0.4) is 0 Å². The van der Waals surface area contributed by atoms with E-state index in [4.69, 9.17) is 5.11 Å². The molecule has 0 aliphatic carbocycles. The van der Waals surface area contributed by atoms with Gasteiger partial charge < -0.3 is 5.11 Å². The van der Waals surface area contributed by atoms with Crippen LogP contribution in [-0.2, 0) is 13.5 Å². The van der Waals surface area contributed by atoms with E-state index in [0.717, 1.165) is 5.56 Å². The third-order valence-electron chi connectivity index (χ3n) is 2.14. The summed E-state index contributed by atoms with van der Waals surface area (Å²) in [7, 11) is 1.81. The fourth-order valence-corrected chi connectivity index (χ4v) is 1.46. The predicted octanol–water partition coefficient (Wildman–Crippen LogP) is 0.499. The molecule has 1 N–H and O–H groups in total. The van der Waals surface area contributed by atoms with Crippen LogP contribution >= 0.6 is 0 Å². The summed E-state index contributed by atoms with van der Waals surface area (Å²) in [5.74, 6) is -1.04. The first-order valence-corrected chi connectivity index (χ1v) is 4.66. The predicted molar refractivity (Wildman–Crippen MR) is 55.0 cm³/mol. The number of aromatic carboxylic acids is 1. The highest BCUT2D eigenvalue weighted by Crippen LogP contribution is 2.10. The molecule has 0 amide bonds. The summed E-state index contributed by atoms with van der Waals surface area (Å²) in [6.07, 6.45) is 6.74. The minimum absolute atomic E-state index is 0.0406. The fraction of sp³-hybridized carbons (Fsp3) is 0.200. The maximum atomic E-state index is 10.9. The maximum Gasteiger partial charge on any atom is 0.354 e. The van der Waals surface area contributed by atoms with E-state index in [-0.39, 0.29) is 5.69 Å². The molecule has 2 rings (SSSR count). The molecular weight excluding hydrogens is 208 g/mol. The van der Waals surface area contributed by atoms with Crippen LogP contribution in [0, 0.1) is 0 Å². The normalized spacial score (nSPS) is 10.3. The van der Waals surface area contributed by atoms with Crippen LogP contribution in [0.1, 0.15) is 21.6 Å². The summed E-state index contributed by atoms with van der Waals surface area (Å²) in [4.78, 5) is 18.5. The highest BCUT2D eigenvalue weighted by molar-refractivity contribution is 5.86. The molecule has 2 heterocycles. The van der Waals surface area contributed by atoms with Crippen LogP contribution in [0.2, 0.25) is 0 Å². The van der Waals surface area contributed by atoms with E-state index in [2.05, 4.69) is 15.1 Å². The Morgan fingerprint density at radius 2 is 2.31 bits per heavy atom. The van der Waals surface area contributed by atoms with Gasteiger partial charge in [0.05, 0.1) is 6.20 Å². The van der Waals surface area contributed by atoms with Crippen molar-refractivity contribution >= 4 is 5.97 Å². The van der Waals surface area contributed by atoms with Crippen LogP contribution in [0.15, 0.2) is 24.9 Å². The minimum Gasteiger partial charge on any atom is -0.477 e. The Labute approximate surface area is 91.6 Å². The van der Waals surface area contributed by atoms with Gasteiger partial charge in [0, 0.05) is 31.4 Å². The summed E-state index contributed by atoms with van der Waals surface area (Å²) in [5.41, 5.74) is 1.56. The van der Waals surface area contributed by atoms with E-state index in [9.17, 15) is 4.79 Å². The molecular formula is C10H10N4O2. The van der Waals surface area contributed by atoms with E-state index < -0.39 is 5.97 Å². The molecule has 0 unspecified atom stereocenters. The van der Waals surface area contributed by atoms with Gasteiger partial charge in [0.2, 0.25) is 0 Å². The molecule has 6 nitrogen and oxygen atoms in total. The van der Waals surface area contributed by atoms with Crippen molar-refractivity contribution in [3.05, 3.63) is 41.7 Å². The Hall–Kier alpha value is -2.24. The van der Waals surface area contributed by atoms with Crippen molar-refractivity contribution in [3.63, 3.8) is 0 Å². The fourth-order valence-electron chi connectivity index (χ4n) is 1.46. The lowest BCUT2D eigenvalue weighted by atomic mass is 10.1. The van der Waals surface area contributed by atoms with Crippen molar-refractivity contribution in [2.45, 2.75) is 6.42 Å². The van der Waals surface area contributed by atoms with Gasteiger partial charge in [0.1, 0.15) is 6.33 Å². The standard InChI is InChI=1S/C10H10N4O2/c1-14-5-7(3-13-14)2-8-4-11-6-12-9(8)10(15)16/h3-6H,2H2,1H3,(H,15,16). The highest BCUT2D eigenvalue weighted by Gasteiger charge is 2.12. The molecule has 0 spiro atoms. The minimum atomic E-state index is -1.04. The van der Waals surface area contributed by atoms with Gasteiger partial charge in [-0.25, -0.2) is 14.8 Å². The van der Waals surface area contributed by atoms with Gasteiger partial charge in [-0.2, -0.15) is 5.10 Å². The van der Waals surface area contributed by atoms with Gasteiger partial charge in [0.25, 0.3) is 0 Å². The number of carboxylic acid groups (broad SMARTS) is 1. The first-order valence-electron chi connectivity index (χ1n) is 4.66. The first kappa shape index (κ1) is 10.3. The van der Waals surface area contributed by atoms with E-state index in [1.165, 1.54) is 12.5 Å². The molecule has 0 saturated carbocycles. The van der Waals surface area contributed by atoms with Crippen molar-refractivity contribution in [1.29, 1.82) is 0 Å². The molecule has 2 aromatic heterocycles. The van der Waals surface area contributed by atoms with Gasteiger partial charge in [0.15, 0.2) is 5.69 Å². The highest BCUT2D eigenvalue weighted by atomic mass is 16.4. The van der Waals surface area contributed by atoms with Crippen molar-refractivity contribution in [2.24, 2.45) is 7.05 Å². The van der Waals surface area contributed by atoms with Gasteiger partial charge in [-0.05, 0) is 5.56 Å². The van der Waals surface area contributed by atoms with E-state index >= 15 is 0 Å². The Bertz CT molecular complexity index is 521. The van der Waals surface area contributed by atoms with Crippen molar-refractivity contribution < 1.29 is 9.90 Å². The molecule has 82 valence electrons. The van der Waals surface area contributed by atoms with E-state index in [1.807, 2.05) is 13.2 Å². The lowest BCUT2D eigenvalue weighted by Gasteiger charge is -2.01. The van der Waals surface area contributed by atoms with Crippen molar-refractivity contribution in [2.75, 3.05) is 0 Å². The summed E-state index contributed by atoms with van der Waals surface area (Å²) < 4.78 is 1.67. The number of hydrogen-bond donors (Lipinski definition) is 1. The smallest absolute Gasteiger partial charge is 0.354 e. The van der Waals surface area contributed by atoms with Crippen LogP contribution < -0.4 is 0 Å². The first-order chi connectivity index (χ1) is 7.66. The van der Waals surface area contributed by atoms with Crippen LogP contribution in [0.4, 0.5) is 0 Å². The van der Waals surface area contributed by atoms with Gasteiger partial charge in [-0.3, -0.25) is 4.68 Å². The summed E-state index contributed by atoms with van der Waals surface area (Å²) in [6, 6.07) is 0. The van der Waals surface area contributed by atoms with Gasteiger partial charge in [-0.15, -0.1) is 0 Å². The van der Waals surface area contributed by atoms with Crippen molar-refractivity contribution in [3.8, 4) is 0 Å². The molecule has 0 radical (unpaired) electrons. The number of nitrogens with zero attached hydrogens (tertiary/aromatic N) is 4. The van der Waals surface area contributed by atoms with Crippen LogP contribution in [0.5, 0.6) is 0 Å².